The molecule has 0 atom stereocenters. The lowest BCUT2D eigenvalue weighted by atomic mass is 10.1. The van der Waals surface area contributed by atoms with Gasteiger partial charge in [0.2, 0.25) is 5.95 Å². The van der Waals surface area contributed by atoms with E-state index in [1.807, 2.05) is 24.3 Å². The largest absolute Gasteiger partial charge is 0.369 e. The first kappa shape index (κ1) is 17.5. The lowest BCUT2D eigenvalue weighted by molar-refractivity contribution is 0.303. The molecule has 1 heterocycles. The number of hydrogen-bond acceptors (Lipinski definition) is 5. The number of aromatic nitrogens is 2. The molecule has 0 fully saturated rings. The van der Waals surface area contributed by atoms with Crippen LogP contribution in [0.3, 0.4) is 0 Å². The molecule has 124 valence electrons. The van der Waals surface area contributed by atoms with Gasteiger partial charge in [0, 0.05) is 23.3 Å². The van der Waals surface area contributed by atoms with Crippen LogP contribution in [-0.2, 0) is 0 Å². The number of nitrogens with zero attached hydrogens (tertiary/aromatic N) is 3. The molecule has 0 unspecified atom stereocenters. The summed E-state index contributed by atoms with van der Waals surface area (Å²) in [5.41, 5.74) is 7.62. The molecule has 0 aliphatic heterocycles. The van der Waals surface area contributed by atoms with E-state index in [9.17, 15) is 0 Å². The average Bonchev–Trinajstić information content (AvgIpc) is 2.55. The number of hydrogen-bond donors (Lipinski definition) is 2. The maximum absolute atomic E-state index is 6.08. The molecular weight excluding hydrogens is 310 g/mol. The molecule has 0 spiro atoms. The van der Waals surface area contributed by atoms with E-state index >= 15 is 0 Å². The zero-order valence-electron chi connectivity index (χ0n) is 13.7. The lowest BCUT2D eigenvalue weighted by Gasteiger charge is -2.18. The molecule has 0 aliphatic carbocycles. The van der Waals surface area contributed by atoms with Gasteiger partial charge in [0.25, 0.3) is 0 Å². The Morgan fingerprint density at radius 2 is 2.04 bits per heavy atom. The topological polar surface area (TPSA) is 67.1 Å². The summed E-state index contributed by atoms with van der Waals surface area (Å²) in [4.78, 5) is 10.8. The maximum Gasteiger partial charge on any atom is 0.221 e. The summed E-state index contributed by atoms with van der Waals surface area (Å²) >= 11 is 6.08. The number of anilines is 2. The highest BCUT2D eigenvalue weighted by molar-refractivity contribution is 6.30. The summed E-state index contributed by atoms with van der Waals surface area (Å²) in [7, 11) is 0. The van der Waals surface area contributed by atoms with E-state index < -0.39 is 0 Å². The molecule has 2 rings (SSSR count). The molecule has 0 aliphatic rings. The second kappa shape index (κ2) is 8.70. The van der Waals surface area contributed by atoms with Crippen LogP contribution in [0.5, 0.6) is 0 Å². The Morgan fingerprint density at radius 1 is 1.26 bits per heavy atom. The minimum Gasteiger partial charge on any atom is -0.369 e. The van der Waals surface area contributed by atoms with Crippen molar-refractivity contribution in [1.29, 1.82) is 0 Å². The monoisotopic (exact) mass is 333 g/mol. The van der Waals surface area contributed by atoms with E-state index in [2.05, 4.69) is 34.0 Å². The SMILES string of the molecule is CCN(CC)CCCNc1nc(N)ncc1-c1cccc(Cl)c1. The van der Waals surface area contributed by atoms with Crippen LogP contribution < -0.4 is 11.1 Å². The summed E-state index contributed by atoms with van der Waals surface area (Å²) in [6.07, 6.45) is 2.78. The van der Waals surface area contributed by atoms with Crippen molar-refractivity contribution in [2.24, 2.45) is 0 Å². The third-order valence-corrected chi connectivity index (χ3v) is 4.02. The average molecular weight is 334 g/mol. The van der Waals surface area contributed by atoms with E-state index in [1.165, 1.54) is 0 Å². The zero-order valence-corrected chi connectivity index (χ0v) is 14.5. The van der Waals surface area contributed by atoms with E-state index in [1.54, 1.807) is 6.20 Å². The van der Waals surface area contributed by atoms with Crippen molar-refractivity contribution in [2.45, 2.75) is 20.3 Å². The van der Waals surface area contributed by atoms with Gasteiger partial charge in [-0.25, -0.2) is 4.98 Å². The fourth-order valence-electron chi connectivity index (χ4n) is 2.45. The quantitative estimate of drug-likeness (QED) is 0.723. The Labute approximate surface area is 142 Å². The molecule has 3 N–H and O–H groups in total. The van der Waals surface area contributed by atoms with Gasteiger partial charge in [-0.2, -0.15) is 4.98 Å². The smallest absolute Gasteiger partial charge is 0.221 e. The highest BCUT2D eigenvalue weighted by Gasteiger charge is 2.09. The minimum atomic E-state index is 0.266. The Hall–Kier alpha value is -1.85. The first-order valence-corrected chi connectivity index (χ1v) is 8.36. The van der Waals surface area contributed by atoms with Crippen LogP contribution in [0.2, 0.25) is 5.02 Å². The van der Waals surface area contributed by atoms with Gasteiger partial charge in [-0.3, -0.25) is 0 Å². The van der Waals surface area contributed by atoms with Gasteiger partial charge in [-0.1, -0.05) is 37.6 Å². The summed E-state index contributed by atoms with van der Waals surface area (Å²) in [5, 5.41) is 4.06. The van der Waals surface area contributed by atoms with Crippen molar-refractivity contribution >= 4 is 23.4 Å². The van der Waals surface area contributed by atoms with Crippen molar-refractivity contribution in [3.05, 3.63) is 35.5 Å². The highest BCUT2D eigenvalue weighted by atomic mass is 35.5. The number of halogens is 1. The molecule has 2 aromatic rings. The van der Waals surface area contributed by atoms with Crippen molar-refractivity contribution in [3.8, 4) is 11.1 Å². The van der Waals surface area contributed by atoms with Crippen molar-refractivity contribution < 1.29 is 0 Å². The summed E-state index contributed by atoms with van der Waals surface area (Å²) in [6.45, 7) is 8.40. The first-order chi connectivity index (χ1) is 11.1. The van der Waals surface area contributed by atoms with E-state index in [0.29, 0.717) is 5.02 Å². The number of nitrogen functional groups attached to an aromatic ring is 1. The lowest BCUT2D eigenvalue weighted by Crippen LogP contribution is -2.25. The molecule has 0 bridgehead atoms. The van der Waals surface area contributed by atoms with Gasteiger partial charge in [0.1, 0.15) is 5.82 Å². The van der Waals surface area contributed by atoms with Gasteiger partial charge < -0.3 is 16.0 Å². The van der Waals surface area contributed by atoms with Crippen LogP contribution in [-0.4, -0.2) is 41.0 Å². The predicted octanol–water partition coefficient (Wildman–Crippen LogP) is 3.52. The summed E-state index contributed by atoms with van der Waals surface area (Å²) in [6, 6.07) is 7.65. The molecule has 0 saturated heterocycles. The normalized spacial score (nSPS) is 11.0. The van der Waals surface area contributed by atoms with E-state index in [0.717, 1.165) is 49.5 Å². The molecule has 23 heavy (non-hydrogen) atoms. The molecule has 5 nitrogen and oxygen atoms in total. The number of benzene rings is 1. The fraction of sp³-hybridized carbons (Fsp3) is 0.412. The third kappa shape index (κ3) is 5.08. The van der Waals surface area contributed by atoms with Crippen molar-refractivity contribution in [3.63, 3.8) is 0 Å². The Morgan fingerprint density at radius 3 is 2.74 bits per heavy atom. The molecule has 0 radical (unpaired) electrons. The Kier molecular flexibility index (Phi) is 6.62. The van der Waals surface area contributed by atoms with Crippen LogP contribution >= 0.6 is 11.6 Å². The molecule has 0 saturated carbocycles. The third-order valence-electron chi connectivity index (χ3n) is 3.78. The molecule has 1 aromatic heterocycles. The van der Waals surface area contributed by atoms with Gasteiger partial charge in [-0.15, -0.1) is 0 Å². The Balaban J connectivity index is 2.07. The summed E-state index contributed by atoms with van der Waals surface area (Å²) in [5.74, 6) is 1.02. The molecular formula is C17H24ClN5. The van der Waals surface area contributed by atoms with Gasteiger partial charge in [0.05, 0.1) is 0 Å². The van der Waals surface area contributed by atoms with Crippen molar-refractivity contribution in [2.75, 3.05) is 37.2 Å². The van der Waals surface area contributed by atoms with Crippen LogP contribution in [0.4, 0.5) is 11.8 Å². The zero-order chi connectivity index (χ0) is 16.7. The second-order valence-corrected chi connectivity index (χ2v) is 5.74. The fourth-order valence-corrected chi connectivity index (χ4v) is 2.64. The van der Waals surface area contributed by atoms with Gasteiger partial charge in [0.15, 0.2) is 0 Å². The van der Waals surface area contributed by atoms with Crippen LogP contribution in [0.1, 0.15) is 20.3 Å². The predicted molar refractivity (Wildman–Crippen MR) is 97.8 cm³/mol. The van der Waals surface area contributed by atoms with Gasteiger partial charge in [-0.05, 0) is 43.8 Å². The number of rotatable bonds is 8. The standard InChI is InChI=1S/C17H24ClN5/c1-3-23(4-2)10-6-9-20-16-15(12-21-17(19)22-16)13-7-5-8-14(18)11-13/h5,7-8,11-12H,3-4,6,9-10H2,1-2H3,(H3,19,20,21,22). The van der Waals surface area contributed by atoms with Crippen LogP contribution in [0, 0.1) is 0 Å². The maximum atomic E-state index is 6.08. The minimum absolute atomic E-state index is 0.266. The second-order valence-electron chi connectivity index (χ2n) is 5.31. The molecule has 1 aromatic carbocycles. The Bertz CT molecular complexity index is 628. The van der Waals surface area contributed by atoms with Crippen molar-refractivity contribution in [1.82, 2.24) is 14.9 Å². The summed E-state index contributed by atoms with van der Waals surface area (Å²) < 4.78 is 0. The number of nitrogens with one attached hydrogen (secondary N) is 1. The van der Waals surface area contributed by atoms with Gasteiger partial charge >= 0.3 is 0 Å². The highest BCUT2D eigenvalue weighted by Crippen LogP contribution is 2.28. The first-order valence-electron chi connectivity index (χ1n) is 7.98. The van der Waals surface area contributed by atoms with E-state index in [4.69, 9.17) is 17.3 Å². The van der Waals surface area contributed by atoms with Crippen LogP contribution in [0.25, 0.3) is 11.1 Å². The molecule has 0 amide bonds. The molecule has 6 heteroatoms. The van der Waals surface area contributed by atoms with Crippen LogP contribution in [0.15, 0.2) is 30.5 Å². The van der Waals surface area contributed by atoms with E-state index in [-0.39, 0.29) is 5.95 Å². The number of nitrogens with two attached hydrogens (primary N) is 1.